The molecule has 0 aromatic carbocycles. The molecule has 1 aromatic rings. The zero-order valence-electron chi connectivity index (χ0n) is 5.86. The normalized spacial score (nSPS) is 9.40. The molecule has 0 radical (unpaired) electrons. The van der Waals surface area contributed by atoms with Crippen LogP contribution in [0.15, 0.2) is 24.5 Å². The molecular formula is C7H10N2O. The van der Waals surface area contributed by atoms with Crippen molar-refractivity contribution in [2.75, 3.05) is 18.7 Å². The van der Waals surface area contributed by atoms with Crippen LogP contribution in [0.2, 0.25) is 0 Å². The first-order valence-corrected chi connectivity index (χ1v) is 3.06. The van der Waals surface area contributed by atoms with Crippen molar-refractivity contribution in [3.63, 3.8) is 0 Å². The molecule has 0 aliphatic heterocycles. The summed E-state index contributed by atoms with van der Waals surface area (Å²) in [6.07, 6.45) is 3.41. The number of aromatic nitrogens is 1. The van der Waals surface area contributed by atoms with E-state index in [1.165, 1.54) is 0 Å². The van der Waals surface area contributed by atoms with Gasteiger partial charge in [0.25, 0.3) is 0 Å². The molecule has 0 atom stereocenters. The fourth-order valence-corrected chi connectivity index (χ4v) is 0.661. The highest BCUT2D eigenvalue weighted by atomic mass is 16.3. The Morgan fingerprint density at radius 1 is 1.70 bits per heavy atom. The van der Waals surface area contributed by atoms with Crippen molar-refractivity contribution in [3.05, 3.63) is 24.5 Å². The highest BCUT2D eigenvalue weighted by Gasteiger charge is 1.94. The molecule has 0 bridgehead atoms. The largest absolute Gasteiger partial charge is 0.376 e. The van der Waals surface area contributed by atoms with E-state index in [4.69, 9.17) is 5.11 Å². The Balaban J connectivity index is 2.75. The maximum Gasteiger partial charge on any atom is 0.115 e. The second-order valence-electron chi connectivity index (χ2n) is 2.05. The molecule has 1 N–H and O–H groups in total. The number of hydrogen-bond donors (Lipinski definition) is 1. The first-order valence-electron chi connectivity index (χ1n) is 3.06. The Labute approximate surface area is 59.9 Å². The van der Waals surface area contributed by atoms with Crippen LogP contribution in [-0.4, -0.2) is 23.9 Å². The van der Waals surface area contributed by atoms with Gasteiger partial charge in [-0.3, -0.25) is 4.98 Å². The molecule has 10 heavy (non-hydrogen) atoms. The number of nitrogens with zero attached hydrogens (tertiary/aromatic N) is 2. The molecule has 0 fully saturated rings. The average molecular weight is 138 g/mol. The summed E-state index contributed by atoms with van der Waals surface area (Å²) in [4.78, 5) is 5.60. The Morgan fingerprint density at radius 3 is 3.00 bits per heavy atom. The third-order valence-corrected chi connectivity index (χ3v) is 1.30. The van der Waals surface area contributed by atoms with Gasteiger partial charge in [0.15, 0.2) is 0 Å². The van der Waals surface area contributed by atoms with Gasteiger partial charge in [0, 0.05) is 13.2 Å². The monoisotopic (exact) mass is 138 g/mol. The molecule has 1 rings (SSSR count). The lowest BCUT2D eigenvalue weighted by Gasteiger charge is -2.13. The maximum atomic E-state index is 8.69. The van der Waals surface area contributed by atoms with Gasteiger partial charge in [0.2, 0.25) is 0 Å². The minimum Gasteiger partial charge on any atom is -0.376 e. The molecule has 0 spiro atoms. The summed E-state index contributed by atoms with van der Waals surface area (Å²) in [6.45, 7) is 0.0195. The molecule has 3 heteroatoms. The van der Waals surface area contributed by atoms with Gasteiger partial charge in [0.05, 0.1) is 11.9 Å². The fraction of sp³-hybridized carbons (Fsp3) is 0.286. The van der Waals surface area contributed by atoms with E-state index < -0.39 is 0 Å². The first-order chi connectivity index (χ1) is 4.84. The van der Waals surface area contributed by atoms with Crippen LogP contribution < -0.4 is 4.90 Å². The van der Waals surface area contributed by atoms with Crippen molar-refractivity contribution in [2.45, 2.75) is 0 Å². The number of pyridine rings is 1. The van der Waals surface area contributed by atoms with Crippen molar-refractivity contribution in [2.24, 2.45) is 0 Å². The number of anilines is 1. The molecule has 0 unspecified atom stereocenters. The van der Waals surface area contributed by atoms with Crippen molar-refractivity contribution >= 4 is 5.69 Å². The summed E-state index contributed by atoms with van der Waals surface area (Å²) in [5.74, 6) is 0. The van der Waals surface area contributed by atoms with Crippen LogP contribution in [0.25, 0.3) is 0 Å². The van der Waals surface area contributed by atoms with Crippen molar-refractivity contribution < 1.29 is 5.11 Å². The van der Waals surface area contributed by atoms with Gasteiger partial charge in [-0.2, -0.15) is 0 Å². The predicted molar refractivity (Wildman–Crippen MR) is 39.7 cm³/mol. The summed E-state index contributed by atoms with van der Waals surface area (Å²) in [7, 11) is 1.80. The van der Waals surface area contributed by atoms with Crippen LogP contribution in [0.5, 0.6) is 0 Å². The van der Waals surface area contributed by atoms with Gasteiger partial charge in [-0.1, -0.05) is 0 Å². The molecule has 1 heterocycles. The van der Waals surface area contributed by atoms with Crippen molar-refractivity contribution in [1.29, 1.82) is 0 Å². The predicted octanol–water partition coefficient (Wildman–Crippen LogP) is 0.468. The number of rotatable bonds is 2. The van der Waals surface area contributed by atoms with E-state index in [0.29, 0.717) is 0 Å². The molecule has 54 valence electrons. The topological polar surface area (TPSA) is 36.4 Å². The first kappa shape index (κ1) is 7.02. The molecule has 3 nitrogen and oxygen atoms in total. The minimum absolute atomic E-state index is 0.0195. The lowest BCUT2D eigenvalue weighted by atomic mass is 10.4. The van der Waals surface area contributed by atoms with E-state index in [9.17, 15) is 0 Å². The molecule has 0 saturated carbocycles. The zero-order valence-corrected chi connectivity index (χ0v) is 5.86. The smallest absolute Gasteiger partial charge is 0.115 e. The van der Waals surface area contributed by atoms with Crippen LogP contribution in [0.3, 0.4) is 0 Å². The van der Waals surface area contributed by atoms with Gasteiger partial charge in [-0.15, -0.1) is 0 Å². The summed E-state index contributed by atoms with van der Waals surface area (Å²) in [5.41, 5.74) is 0.921. The summed E-state index contributed by atoms with van der Waals surface area (Å²) < 4.78 is 0. The lowest BCUT2D eigenvalue weighted by Crippen LogP contribution is -2.17. The second kappa shape index (κ2) is 3.17. The average Bonchev–Trinajstić information content (AvgIpc) is 2.05. The SMILES string of the molecule is CN(CO)c1cccnc1. The quantitative estimate of drug-likeness (QED) is 0.603. The highest BCUT2D eigenvalue weighted by molar-refractivity contribution is 5.41. The number of aliphatic hydroxyl groups excluding tert-OH is 1. The molecule has 1 aromatic heterocycles. The van der Waals surface area contributed by atoms with Crippen molar-refractivity contribution in [1.82, 2.24) is 4.98 Å². The van der Waals surface area contributed by atoms with Crippen LogP contribution in [0.4, 0.5) is 5.69 Å². The Kier molecular flexibility index (Phi) is 2.23. The maximum absolute atomic E-state index is 8.69. The Morgan fingerprint density at radius 2 is 2.50 bits per heavy atom. The molecule has 0 aliphatic rings. The third-order valence-electron chi connectivity index (χ3n) is 1.30. The molecule has 0 saturated heterocycles. The third kappa shape index (κ3) is 1.45. The van der Waals surface area contributed by atoms with Crippen LogP contribution in [0, 0.1) is 0 Å². The molecule has 0 aliphatic carbocycles. The lowest BCUT2D eigenvalue weighted by molar-refractivity contribution is 0.298. The van der Waals surface area contributed by atoms with E-state index in [-0.39, 0.29) is 6.73 Å². The number of hydrogen-bond acceptors (Lipinski definition) is 3. The summed E-state index contributed by atoms with van der Waals surface area (Å²) >= 11 is 0. The number of aliphatic hydroxyl groups is 1. The highest BCUT2D eigenvalue weighted by Crippen LogP contribution is 2.06. The Hall–Kier alpha value is -1.09. The summed E-state index contributed by atoms with van der Waals surface area (Å²) in [5, 5.41) is 8.69. The molecule has 0 amide bonds. The standard InChI is InChI=1S/C7H10N2O/c1-9(6-10)7-3-2-4-8-5-7/h2-5,10H,6H2,1H3. The van der Waals surface area contributed by atoms with Crippen molar-refractivity contribution in [3.8, 4) is 0 Å². The van der Waals surface area contributed by atoms with E-state index >= 15 is 0 Å². The minimum atomic E-state index is 0.0195. The summed E-state index contributed by atoms with van der Waals surface area (Å²) in [6, 6.07) is 3.73. The zero-order chi connectivity index (χ0) is 7.40. The fourth-order valence-electron chi connectivity index (χ4n) is 0.661. The van der Waals surface area contributed by atoms with E-state index in [1.54, 1.807) is 24.3 Å². The van der Waals surface area contributed by atoms with Crippen LogP contribution in [0.1, 0.15) is 0 Å². The van der Waals surface area contributed by atoms with Gasteiger partial charge < -0.3 is 10.0 Å². The van der Waals surface area contributed by atoms with E-state index in [2.05, 4.69) is 4.98 Å². The second-order valence-corrected chi connectivity index (χ2v) is 2.05. The van der Waals surface area contributed by atoms with Crippen LogP contribution >= 0.6 is 0 Å². The van der Waals surface area contributed by atoms with E-state index in [0.717, 1.165) is 5.69 Å². The van der Waals surface area contributed by atoms with Gasteiger partial charge in [-0.05, 0) is 12.1 Å². The van der Waals surface area contributed by atoms with Gasteiger partial charge >= 0.3 is 0 Å². The molecular weight excluding hydrogens is 128 g/mol. The van der Waals surface area contributed by atoms with E-state index in [1.807, 2.05) is 12.1 Å². The van der Waals surface area contributed by atoms with Gasteiger partial charge in [-0.25, -0.2) is 0 Å². The van der Waals surface area contributed by atoms with Crippen LogP contribution in [-0.2, 0) is 0 Å². The van der Waals surface area contributed by atoms with Gasteiger partial charge in [0.1, 0.15) is 6.73 Å². The Bertz CT molecular complexity index is 188.